The smallest absolute Gasteiger partial charge is 0.335 e. The van der Waals surface area contributed by atoms with Gasteiger partial charge in [0, 0.05) is 0 Å². The molecule has 0 atom stereocenters. The molecule has 0 spiro atoms. The number of hydrogen-bond acceptors (Lipinski definition) is 4. The number of nitrogen functional groups attached to an aromatic ring is 1. The summed E-state index contributed by atoms with van der Waals surface area (Å²) in [5.74, 6) is 0.150. The van der Waals surface area contributed by atoms with Crippen LogP contribution in [-0.2, 0) is 0 Å². The Morgan fingerprint density at radius 2 is 2.15 bits per heavy atom. The van der Waals surface area contributed by atoms with Crippen molar-refractivity contribution in [1.29, 1.82) is 0 Å². The summed E-state index contributed by atoms with van der Waals surface area (Å²) in [6.45, 7) is -2.72. The Morgan fingerprint density at radius 3 is 2.85 bits per heavy atom. The van der Waals surface area contributed by atoms with E-state index < -0.39 is 6.55 Å². The Bertz CT molecular complexity index is 438. The van der Waals surface area contributed by atoms with Crippen molar-refractivity contribution in [3.8, 4) is 0 Å². The van der Waals surface area contributed by atoms with Crippen LogP contribution in [0.5, 0.6) is 0 Å². The van der Waals surface area contributed by atoms with Gasteiger partial charge in [-0.05, 0) is 0 Å². The van der Waals surface area contributed by atoms with Gasteiger partial charge < -0.3 is 5.73 Å². The molecule has 68 valence electrons. The number of halogens is 2. The number of alkyl halides is 2. The van der Waals surface area contributed by atoms with Crippen molar-refractivity contribution in [3.05, 3.63) is 12.5 Å². The van der Waals surface area contributed by atoms with Gasteiger partial charge in [0.2, 0.25) is 0 Å². The average Bonchev–Trinajstić information content (AvgIpc) is 2.48. The van der Waals surface area contributed by atoms with Gasteiger partial charge in [-0.1, -0.05) is 0 Å². The van der Waals surface area contributed by atoms with E-state index in [0.717, 1.165) is 6.33 Å². The van der Waals surface area contributed by atoms with Gasteiger partial charge in [-0.15, -0.1) is 0 Å². The zero-order chi connectivity index (χ0) is 9.42. The second-order valence-corrected chi connectivity index (χ2v) is 2.36. The molecule has 0 aliphatic carbocycles. The highest BCUT2D eigenvalue weighted by Gasteiger charge is 2.13. The van der Waals surface area contributed by atoms with Crippen LogP contribution >= 0.6 is 0 Å². The molecule has 0 saturated heterocycles. The molecule has 0 unspecified atom stereocenters. The largest absolute Gasteiger partial charge is 0.383 e. The summed E-state index contributed by atoms with van der Waals surface area (Å²) >= 11 is 0. The van der Waals surface area contributed by atoms with Crippen molar-refractivity contribution >= 4 is 16.9 Å². The predicted molar refractivity (Wildman–Crippen MR) is 41.0 cm³/mol. The van der Waals surface area contributed by atoms with E-state index in [1.807, 2.05) is 0 Å². The maximum absolute atomic E-state index is 12.3. The summed E-state index contributed by atoms with van der Waals surface area (Å²) in [6.07, 6.45) is 2.34. The summed E-state index contributed by atoms with van der Waals surface area (Å²) in [5, 5.41) is 3.78. The second kappa shape index (κ2) is 2.61. The Morgan fingerprint density at radius 1 is 1.38 bits per heavy atom. The topological polar surface area (TPSA) is 69.6 Å². The van der Waals surface area contributed by atoms with Crippen molar-refractivity contribution in [2.24, 2.45) is 0 Å². The molecule has 0 fully saturated rings. The van der Waals surface area contributed by atoms with Crippen LogP contribution < -0.4 is 5.73 Å². The first-order valence-electron chi connectivity index (χ1n) is 3.42. The van der Waals surface area contributed by atoms with Crippen LogP contribution in [0, 0.1) is 0 Å². The minimum Gasteiger partial charge on any atom is -0.383 e. The van der Waals surface area contributed by atoms with Crippen molar-refractivity contribution in [1.82, 2.24) is 19.7 Å². The number of hydrogen-bond donors (Lipinski definition) is 1. The molecule has 2 rings (SSSR count). The fourth-order valence-electron chi connectivity index (χ4n) is 1.02. The van der Waals surface area contributed by atoms with Gasteiger partial charge in [-0.2, -0.15) is 18.6 Å². The highest BCUT2D eigenvalue weighted by molar-refractivity contribution is 5.84. The molecular weight excluding hydrogens is 180 g/mol. The summed E-state index contributed by atoms with van der Waals surface area (Å²) in [4.78, 5) is 7.30. The Kier molecular flexibility index (Phi) is 1.57. The highest BCUT2D eigenvalue weighted by Crippen LogP contribution is 2.19. The van der Waals surface area contributed by atoms with E-state index in [1.54, 1.807) is 0 Å². The third-order valence-electron chi connectivity index (χ3n) is 1.61. The molecule has 0 saturated carbocycles. The van der Waals surface area contributed by atoms with Crippen LogP contribution in [0.3, 0.4) is 0 Å². The molecule has 2 N–H and O–H groups in total. The number of aromatic nitrogens is 4. The normalized spacial score (nSPS) is 11.3. The van der Waals surface area contributed by atoms with E-state index in [0.29, 0.717) is 10.1 Å². The van der Waals surface area contributed by atoms with Crippen LogP contribution in [0.2, 0.25) is 0 Å². The highest BCUT2D eigenvalue weighted by atomic mass is 19.3. The molecule has 2 heterocycles. The first-order chi connectivity index (χ1) is 6.20. The molecule has 0 amide bonds. The standard InChI is InChI=1S/C6H5F2N5/c7-6(8)13-5-3(1-12-13)4(9)10-2-11-5/h1-2,6H,(H2,9,10,11). The monoisotopic (exact) mass is 185 g/mol. The lowest BCUT2D eigenvalue weighted by molar-refractivity contribution is 0.0609. The van der Waals surface area contributed by atoms with Gasteiger partial charge >= 0.3 is 6.55 Å². The summed E-state index contributed by atoms with van der Waals surface area (Å²) < 4.78 is 25.0. The van der Waals surface area contributed by atoms with Crippen molar-refractivity contribution < 1.29 is 8.78 Å². The molecule has 5 nitrogen and oxygen atoms in total. The molecule has 13 heavy (non-hydrogen) atoms. The van der Waals surface area contributed by atoms with Crippen LogP contribution in [0.15, 0.2) is 12.5 Å². The first kappa shape index (κ1) is 7.84. The molecule has 0 radical (unpaired) electrons. The number of nitrogens with zero attached hydrogens (tertiary/aromatic N) is 4. The average molecular weight is 185 g/mol. The maximum atomic E-state index is 12.3. The fourth-order valence-corrected chi connectivity index (χ4v) is 1.02. The molecule has 2 aromatic heterocycles. The number of anilines is 1. The van der Waals surface area contributed by atoms with Crippen molar-refractivity contribution in [3.63, 3.8) is 0 Å². The van der Waals surface area contributed by atoms with E-state index in [1.165, 1.54) is 6.20 Å². The zero-order valence-electron chi connectivity index (χ0n) is 6.35. The maximum Gasteiger partial charge on any atom is 0.335 e. The molecular formula is C6H5F2N5. The summed E-state index contributed by atoms with van der Waals surface area (Å²) in [7, 11) is 0. The zero-order valence-corrected chi connectivity index (χ0v) is 6.35. The first-order valence-corrected chi connectivity index (χ1v) is 3.42. The van der Waals surface area contributed by atoms with Gasteiger partial charge in [-0.3, -0.25) is 0 Å². The Labute approximate surface area is 71.2 Å². The number of fused-ring (bicyclic) bond motifs is 1. The Hall–Kier alpha value is -1.79. The molecule has 0 bridgehead atoms. The van der Waals surface area contributed by atoms with Crippen LogP contribution in [-0.4, -0.2) is 19.7 Å². The lowest BCUT2D eigenvalue weighted by atomic mass is 10.4. The Balaban J connectivity index is 2.75. The minimum atomic E-state index is -2.72. The van der Waals surface area contributed by atoms with E-state index in [-0.39, 0.29) is 11.5 Å². The van der Waals surface area contributed by atoms with E-state index >= 15 is 0 Å². The van der Waals surface area contributed by atoms with Gasteiger partial charge in [0.05, 0.1) is 11.6 Å². The van der Waals surface area contributed by atoms with Gasteiger partial charge in [0.1, 0.15) is 12.1 Å². The quantitative estimate of drug-likeness (QED) is 0.713. The van der Waals surface area contributed by atoms with Gasteiger partial charge in [0.25, 0.3) is 0 Å². The van der Waals surface area contributed by atoms with Crippen LogP contribution in [0.25, 0.3) is 11.0 Å². The summed E-state index contributed by atoms with van der Waals surface area (Å²) in [6, 6.07) is 0. The van der Waals surface area contributed by atoms with E-state index in [9.17, 15) is 8.78 Å². The van der Waals surface area contributed by atoms with Crippen molar-refractivity contribution in [2.45, 2.75) is 6.55 Å². The molecule has 0 aliphatic heterocycles. The van der Waals surface area contributed by atoms with Crippen LogP contribution in [0.1, 0.15) is 6.55 Å². The van der Waals surface area contributed by atoms with Crippen molar-refractivity contribution in [2.75, 3.05) is 5.73 Å². The summed E-state index contributed by atoms with van der Waals surface area (Å²) in [5.41, 5.74) is 5.46. The SMILES string of the molecule is Nc1ncnc2c1cnn2C(F)F. The fraction of sp³-hybridized carbons (Fsp3) is 0.167. The third kappa shape index (κ3) is 1.08. The predicted octanol–water partition coefficient (Wildman–Crippen LogP) is 0.804. The minimum absolute atomic E-state index is 0.0440. The molecule has 0 aliphatic rings. The molecule has 2 aromatic rings. The lowest BCUT2D eigenvalue weighted by Gasteiger charge is -1.99. The van der Waals surface area contributed by atoms with Gasteiger partial charge in [0.15, 0.2) is 5.65 Å². The number of nitrogens with two attached hydrogens (primary N) is 1. The third-order valence-corrected chi connectivity index (χ3v) is 1.61. The van der Waals surface area contributed by atoms with Gasteiger partial charge in [-0.25, -0.2) is 9.97 Å². The van der Waals surface area contributed by atoms with E-state index in [4.69, 9.17) is 5.73 Å². The van der Waals surface area contributed by atoms with Crippen LogP contribution in [0.4, 0.5) is 14.6 Å². The van der Waals surface area contributed by atoms with E-state index in [2.05, 4.69) is 15.1 Å². The molecule has 7 heteroatoms. The number of rotatable bonds is 1. The second-order valence-electron chi connectivity index (χ2n) is 2.36. The lowest BCUT2D eigenvalue weighted by Crippen LogP contribution is -2.01. The molecule has 0 aromatic carbocycles.